The third-order valence-corrected chi connectivity index (χ3v) is 4.01. The molecule has 2 atom stereocenters. The summed E-state index contributed by atoms with van der Waals surface area (Å²) in [6.07, 6.45) is -3.68. The molecule has 0 aliphatic carbocycles. The van der Waals surface area contributed by atoms with Crippen LogP contribution in [0.25, 0.3) is 0 Å². The molecule has 0 spiro atoms. The smallest absolute Gasteiger partial charge is 0.407 e. The molecule has 0 heterocycles. The minimum atomic E-state index is -1.51. The summed E-state index contributed by atoms with van der Waals surface area (Å²) in [5, 5.41) is 22.1. The van der Waals surface area contributed by atoms with E-state index in [1.54, 1.807) is 12.1 Å². The summed E-state index contributed by atoms with van der Waals surface area (Å²) >= 11 is 11.5. The van der Waals surface area contributed by atoms with E-state index in [1.165, 1.54) is 0 Å². The standard InChI is InChI=1S/C17H16Cl2FNO4/c18-12-7-13(19)14(20)6-11(12)16(23)15(22)8-21-17(24)25-9-10-4-2-1-3-5-10/h1-7,15-16,22-23H,8-9H2,(H,21,24). The summed E-state index contributed by atoms with van der Waals surface area (Å²) in [5.41, 5.74) is 0.775. The largest absolute Gasteiger partial charge is 0.445 e. The highest BCUT2D eigenvalue weighted by molar-refractivity contribution is 6.35. The molecule has 2 aromatic carbocycles. The zero-order valence-electron chi connectivity index (χ0n) is 13.0. The number of nitrogens with one attached hydrogen (secondary N) is 1. The first-order valence-electron chi connectivity index (χ1n) is 7.33. The zero-order chi connectivity index (χ0) is 18.4. The predicted octanol–water partition coefficient (Wildman–Crippen LogP) is 3.45. The lowest BCUT2D eigenvalue weighted by molar-refractivity contribution is 0.0183. The van der Waals surface area contributed by atoms with Crippen molar-refractivity contribution in [3.05, 3.63) is 69.5 Å². The molecule has 0 fully saturated rings. The van der Waals surface area contributed by atoms with Crippen molar-refractivity contribution in [1.82, 2.24) is 5.32 Å². The first kappa shape index (κ1) is 19.5. The molecular formula is C17H16Cl2FNO4. The van der Waals surface area contributed by atoms with E-state index in [4.69, 9.17) is 27.9 Å². The van der Waals surface area contributed by atoms with Crippen LogP contribution >= 0.6 is 23.2 Å². The van der Waals surface area contributed by atoms with Crippen molar-refractivity contribution < 1.29 is 24.1 Å². The van der Waals surface area contributed by atoms with Crippen LogP contribution < -0.4 is 5.32 Å². The normalized spacial score (nSPS) is 13.2. The summed E-state index contributed by atoms with van der Waals surface area (Å²) in [5.74, 6) is -0.775. The topological polar surface area (TPSA) is 78.8 Å². The Bertz CT molecular complexity index is 730. The SMILES string of the molecule is O=C(NCC(O)C(O)c1cc(F)c(Cl)cc1Cl)OCc1ccccc1. The van der Waals surface area contributed by atoms with Crippen molar-refractivity contribution in [2.45, 2.75) is 18.8 Å². The molecule has 5 nitrogen and oxygen atoms in total. The monoisotopic (exact) mass is 387 g/mol. The van der Waals surface area contributed by atoms with Crippen molar-refractivity contribution in [2.24, 2.45) is 0 Å². The first-order chi connectivity index (χ1) is 11.9. The molecule has 0 aliphatic heterocycles. The van der Waals surface area contributed by atoms with Gasteiger partial charge in [0.2, 0.25) is 0 Å². The molecule has 2 rings (SSSR count). The van der Waals surface area contributed by atoms with Crippen LogP contribution in [0.15, 0.2) is 42.5 Å². The van der Waals surface area contributed by atoms with E-state index in [9.17, 15) is 19.4 Å². The van der Waals surface area contributed by atoms with Crippen molar-refractivity contribution in [1.29, 1.82) is 0 Å². The Morgan fingerprint density at radius 1 is 1.16 bits per heavy atom. The number of halogens is 3. The van der Waals surface area contributed by atoms with Crippen LogP contribution in [-0.2, 0) is 11.3 Å². The van der Waals surface area contributed by atoms with Gasteiger partial charge in [-0.05, 0) is 17.7 Å². The van der Waals surface area contributed by atoms with Crippen molar-refractivity contribution in [3.63, 3.8) is 0 Å². The van der Waals surface area contributed by atoms with Gasteiger partial charge in [0.05, 0.1) is 5.02 Å². The van der Waals surface area contributed by atoms with Gasteiger partial charge in [0.25, 0.3) is 0 Å². The molecule has 0 radical (unpaired) electrons. The second-order valence-electron chi connectivity index (χ2n) is 5.24. The van der Waals surface area contributed by atoms with Crippen LogP contribution in [0.1, 0.15) is 17.2 Å². The van der Waals surface area contributed by atoms with Gasteiger partial charge in [-0.15, -0.1) is 0 Å². The number of carbonyl (C=O) groups excluding carboxylic acids is 1. The van der Waals surface area contributed by atoms with Gasteiger partial charge in [-0.25, -0.2) is 9.18 Å². The van der Waals surface area contributed by atoms with Gasteiger partial charge in [-0.3, -0.25) is 0 Å². The highest BCUT2D eigenvalue weighted by Gasteiger charge is 2.23. The second kappa shape index (κ2) is 9.01. The Labute approximate surface area is 153 Å². The number of carbonyl (C=O) groups is 1. The molecule has 3 N–H and O–H groups in total. The van der Waals surface area contributed by atoms with E-state index in [2.05, 4.69) is 5.32 Å². The third kappa shape index (κ3) is 5.57. The molecule has 1 amide bonds. The fourth-order valence-corrected chi connectivity index (χ4v) is 2.54. The zero-order valence-corrected chi connectivity index (χ0v) is 14.5. The lowest BCUT2D eigenvalue weighted by Gasteiger charge is -2.20. The minimum Gasteiger partial charge on any atom is -0.445 e. The van der Waals surface area contributed by atoms with Crippen LogP contribution in [0.4, 0.5) is 9.18 Å². The average Bonchev–Trinajstić information content (AvgIpc) is 2.61. The second-order valence-corrected chi connectivity index (χ2v) is 6.06. The average molecular weight is 388 g/mol. The van der Waals surface area contributed by atoms with Gasteiger partial charge in [0.1, 0.15) is 24.6 Å². The van der Waals surface area contributed by atoms with Gasteiger partial charge in [-0.1, -0.05) is 53.5 Å². The summed E-state index contributed by atoms with van der Waals surface area (Å²) < 4.78 is 18.5. The minimum absolute atomic E-state index is 0.00426. The lowest BCUT2D eigenvalue weighted by Crippen LogP contribution is -2.35. The third-order valence-electron chi connectivity index (χ3n) is 3.39. The van der Waals surface area contributed by atoms with Crippen LogP contribution in [0.5, 0.6) is 0 Å². The van der Waals surface area contributed by atoms with E-state index < -0.39 is 24.1 Å². The van der Waals surface area contributed by atoms with Crippen molar-refractivity contribution in [2.75, 3.05) is 6.54 Å². The first-order valence-corrected chi connectivity index (χ1v) is 8.09. The fourth-order valence-electron chi connectivity index (χ4n) is 2.05. The Hall–Kier alpha value is -1.86. The van der Waals surface area contributed by atoms with Crippen LogP contribution in [-0.4, -0.2) is 29.0 Å². The van der Waals surface area contributed by atoms with Gasteiger partial charge >= 0.3 is 6.09 Å². The van der Waals surface area contributed by atoms with E-state index in [0.717, 1.165) is 17.7 Å². The quantitative estimate of drug-likeness (QED) is 0.663. The Kier molecular flexibility index (Phi) is 7.01. The van der Waals surface area contributed by atoms with Gasteiger partial charge in [0.15, 0.2) is 0 Å². The summed E-state index contributed by atoms with van der Waals surface area (Å²) in [6, 6.07) is 11.1. The number of hydrogen-bond acceptors (Lipinski definition) is 4. The van der Waals surface area contributed by atoms with Gasteiger partial charge in [0, 0.05) is 17.1 Å². The van der Waals surface area contributed by atoms with Gasteiger partial charge in [-0.2, -0.15) is 0 Å². The van der Waals surface area contributed by atoms with E-state index in [-0.39, 0.29) is 28.8 Å². The maximum atomic E-state index is 13.5. The van der Waals surface area contributed by atoms with E-state index in [1.807, 2.05) is 18.2 Å². The van der Waals surface area contributed by atoms with Crippen molar-refractivity contribution in [3.8, 4) is 0 Å². The molecule has 2 unspecified atom stereocenters. The highest BCUT2D eigenvalue weighted by Crippen LogP contribution is 2.30. The number of rotatable bonds is 6. The number of aliphatic hydroxyl groups is 2. The molecule has 0 saturated heterocycles. The Morgan fingerprint density at radius 3 is 2.52 bits per heavy atom. The van der Waals surface area contributed by atoms with Gasteiger partial charge < -0.3 is 20.3 Å². The molecular weight excluding hydrogens is 372 g/mol. The lowest BCUT2D eigenvalue weighted by atomic mass is 10.0. The summed E-state index contributed by atoms with van der Waals surface area (Å²) in [6.45, 7) is -0.241. The van der Waals surface area contributed by atoms with E-state index >= 15 is 0 Å². The van der Waals surface area contributed by atoms with E-state index in [0.29, 0.717) is 0 Å². The molecule has 8 heteroatoms. The number of amides is 1. The molecule has 0 aliphatic rings. The molecule has 2 aromatic rings. The molecule has 0 bridgehead atoms. The highest BCUT2D eigenvalue weighted by atomic mass is 35.5. The Balaban J connectivity index is 1.86. The number of ether oxygens (including phenoxy) is 1. The number of alkyl carbamates (subject to hydrolysis) is 1. The fraction of sp³-hybridized carbons (Fsp3) is 0.235. The summed E-state index contributed by atoms with van der Waals surface area (Å²) in [7, 11) is 0. The Morgan fingerprint density at radius 2 is 1.84 bits per heavy atom. The number of hydrogen-bond donors (Lipinski definition) is 3. The predicted molar refractivity (Wildman–Crippen MR) is 92.0 cm³/mol. The molecule has 25 heavy (non-hydrogen) atoms. The molecule has 0 aromatic heterocycles. The number of benzene rings is 2. The summed E-state index contributed by atoms with van der Waals surface area (Å²) in [4.78, 5) is 11.6. The van der Waals surface area contributed by atoms with Crippen molar-refractivity contribution >= 4 is 29.3 Å². The maximum absolute atomic E-state index is 13.5. The van der Waals surface area contributed by atoms with Crippen LogP contribution in [0, 0.1) is 5.82 Å². The molecule has 134 valence electrons. The number of aliphatic hydroxyl groups excluding tert-OH is 2. The van der Waals surface area contributed by atoms with Crippen LogP contribution in [0.2, 0.25) is 10.0 Å². The van der Waals surface area contributed by atoms with Crippen LogP contribution in [0.3, 0.4) is 0 Å². The maximum Gasteiger partial charge on any atom is 0.407 e. The molecule has 0 saturated carbocycles.